The van der Waals surface area contributed by atoms with Crippen molar-refractivity contribution in [1.82, 2.24) is 9.78 Å². The molecule has 0 spiro atoms. The average Bonchev–Trinajstić information content (AvgIpc) is 2.76. The lowest BCUT2D eigenvalue weighted by Crippen LogP contribution is -2.16. The number of aromatic carboxylic acids is 1. The van der Waals surface area contributed by atoms with Gasteiger partial charge >= 0.3 is 5.97 Å². The van der Waals surface area contributed by atoms with Crippen molar-refractivity contribution in [2.75, 3.05) is 0 Å². The van der Waals surface area contributed by atoms with Crippen LogP contribution >= 0.6 is 11.6 Å². The second kappa shape index (κ2) is 5.23. The first-order valence-electron chi connectivity index (χ1n) is 6.28. The van der Waals surface area contributed by atoms with Gasteiger partial charge in [-0.05, 0) is 24.3 Å². The maximum absolute atomic E-state index is 11.5. The molecule has 1 N–H and O–H groups in total. The minimum atomic E-state index is -1.11. The van der Waals surface area contributed by atoms with Gasteiger partial charge in [0.05, 0.1) is 23.0 Å². The first kappa shape index (κ1) is 15.1. The molecule has 0 amide bonds. The zero-order valence-corrected chi connectivity index (χ0v) is 12.6. The number of nitrogens with zero attached hydrogens (tertiary/aromatic N) is 3. The van der Waals surface area contributed by atoms with Gasteiger partial charge in [-0.1, -0.05) is 32.4 Å². The highest BCUT2D eigenvalue weighted by molar-refractivity contribution is 6.33. The number of hydrogen-bond donors (Lipinski definition) is 1. The van der Waals surface area contributed by atoms with Gasteiger partial charge in [-0.15, -0.1) is 0 Å². The fourth-order valence-electron chi connectivity index (χ4n) is 1.96. The highest BCUT2D eigenvalue weighted by Crippen LogP contribution is 2.31. The lowest BCUT2D eigenvalue weighted by molar-refractivity contribution is 0.0694. The number of carboxylic acid groups (broad SMARTS) is 1. The number of carboxylic acids is 1. The second-order valence-electron chi connectivity index (χ2n) is 5.64. The summed E-state index contributed by atoms with van der Waals surface area (Å²) in [6, 6.07) is 8.63. The Morgan fingerprint density at radius 1 is 1.33 bits per heavy atom. The van der Waals surface area contributed by atoms with E-state index in [1.807, 2.05) is 26.8 Å². The molecular formula is C15H14ClN3O2. The SMILES string of the molecule is CC(C)(C)c1nn(-c2ccc(C#N)cc2)c(Cl)c1C(=O)O. The van der Waals surface area contributed by atoms with Gasteiger partial charge in [0, 0.05) is 5.41 Å². The van der Waals surface area contributed by atoms with E-state index in [1.165, 1.54) is 4.68 Å². The molecular weight excluding hydrogens is 290 g/mol. The third-order valence-electron chi connectivity index (χ3n) is 2.99. The highest BCUT2D eigenvalue weighted by atomic mass is 35.5. The van der Waals surface area contributed by atoms with Crippen LogP contribution in [0.1, 0.15) is 42.4 Å². The summed E-state index contributed by atoms with van der Waals surface area (Å²) in [5, 5.41) is 22.6. The predicted molar refractivity (Wildman–Crippen MR) is 78.9 cm³/mol. The molecule has 0 aliphatic carbocycles. The summed E-state index contributed by atoms with van der Waals surface area (Å²) in [7, 11) is 0. The Bertz CT molecular complexity index is 734. The van der Waals surface area contributed by atoms with Crippen molar-refractivity contribution in [3.8, 4) is 11.8 Å². The van der Waals surface area contributed by atoms with Crippen LogP contribution in [0.15, 0.2) is 24.3 Å². The minimum absolute atomic E-state index is 0.00789. The molecule has 0 radical (unpaired) electrons. The zero-order chi connectivity index (χ0) is 15.8. The fraction of sp³-hybridized carbons (Fsp3) is 0.267. The molecule has 6 heteroatoms. The Labute approximate surface area is 127 Å². The third-order valence-corrected chi connectivity index (χ3v) is 3.34. The van der Waals surface area contributed by atoms with E-state index in [-0.39, 0.29) is 10.7 Å². The Balaban J connectivity index is 2.65. The second-order valence-corrected chi connectivity index (χ2v) is 6.00. The van der Waals surface area contributed by atoms with E-state index in [2.05, 4.69) is 5.10 Å². The van der Waals surface area contributed by atoms with Gasteiger partial charge in [0.15, 0.2) is 0 Å². The Morgan fingerprint density at radius 3 is 2.29 bits per heavy atom. The number of aromatic nitrogens is 2. The summed E-state index contributed by atoms with van der Waals surface area (Å²) in [5.74, 6) is -1.11. The van der Waals surface area contributed by atoms with Gasteiger partial charge in [0.1, 0.15) is 10.7 Å². The van der Waals surface area contributed by atoms with Gasteiger partial charge < -0.3 is 5.11 Å². The fourth-order valence-corrected chi connectivity index (χ4v) is 2.27. The van der Waals surface area contributed by atoms with E-state index >= 15 is 0 Å². The molecule has 0 bridgehead atoms. The highest BCUT2D eigenvalue weighted by Gasteiger charge is 2.30. The Kier molecular flexibility index (Phi) is 3.75. The van der Waals surface area contributed by atoms with Crippen molar-refractivity contribution in [2.24, 2.45) is 0 Å². The number of rotatable bonds is 2. The van der Waals surface area contributed by atoms with Crippen molar-refractivity contribution in [2.45, 2.75) is 26.2 Å². The third kappa shape index (κ3) is 2.76. The Morgan fingerprint density at radius 2 is 1.90 bits per heavy atom. The van der Waals surface area contributed by atoms with E-state index in [1.54, 1.807) is 24.3 Å². The summed E-state index contributed by atoms with van der Waals surface area (Å²) < 4.78 is 1.38. The van der Waals surface area contributed by atoms with Crippen LogP contribution < -0.4 is 0 Å². The van der Waals surface area contributed by atoms with Crippen molar-refractivity contribution >= 4 is 17.6 Å². The van der Waals surface area contributed by atoms with Crippen LogP contribution in [0.25, 0.3) is 5.69 Å². The molecule has 21 heavy (non-hydrogen) atoms. The standard InChI is InChI=1S/C15H14ClN3O2/c1-15(2,3)12-11(14(20)21)13(16)19(18-12)10-6-4-9(8-17)5-7-10/h4-7H,1-3H3,(H,20,21). The van der Waals surface area contributed by atoms with Crippen molar-refractivity contribution < 1.29 is 9.90 Å². The molecule has 0 aliphatic rings. The minimum Gasteiger partial charge on any atom is -0.478 e. The first-order chi connectivity index (χ1) is 9.75. The molecule has 0 saturated carbocycles. The molecule has 1 aromatic carbocycles. The molecule has 0 atom stereocenters. The lowest BCUT2D eigenvalue weighted by Gasteiger charge is -2.15. The maximum Gasteiger partial charge on any atom is 0.340 e. The molecule has 108 valence electrons. The molecule has 1 aromatic heterocycles. The topological polar surface area (TPSA) is 78.9 Å². The largest absolute Gasteiger partial charge is 0.478 e. The number of carbonyl (C=O) groups is 1. The summed E-state index contributed by atoms with van der Waals surface area (Å²) in [5.41, 5.74) is 1.10. The van der Waals surface area contributed by atoms with E-state index in [9.17, 15) is 9.90 Å². The van der Waals surface area contributed by atoms with Crippen molar-refractivity contribution in [3.05, 3.63) is 46.2 Å². The van der Waals surface area contributed by atoms with Crippen LogP contribution in [0, 0.1) is 11.3 Å². The van der Waals surface area contributed by atoms with E-state index in [4.69, 9.17) is 16.9 Å². The van der Waals surface area contributed by atoms with Gasteiger partial charge in [-0.2, -0.15) is 10.4 Å². The van der Waals surface area contributed by atoms with E-state index in [0.717, 1.165) is 0 Å². The van der Waals surface area contributed by atoms with E-state index < -0.39 is 11.4 Å². The van der Waals surface area contributed by atoms with Crippen LogP contribution in [0.5, 0.6) is 0 Å². The average molecular weight is 304 g/mol. The molecule has 0 unspecified atom stereocenters. The normalized spacial score (nSPS) is 11.2. The summed E-state index contributed by atoms with van der Waals surface area (Å²) in [4.78, 5) is 11.5. The zero-order valence-electron chi connectivity index (χ0n) is 11.9. The predicted octanol–water partition coefficient (Wildman–Crippen LogP) is 3.39. The van der Waals surface area contributed by atoms with Crippen LogP contribution in [0.2, 0.25) is 5.15 Å². The Hall–Kier alpha value is -2.32. The molecule has 5 nitrogen and oxygen atoms in total. The van der Waals surface area contributed by atoms with Crippen LogP contribution in [0.3, 0.4) is 0 Å². The monoisotopic (exact) mass is 303 g/mol. The quantitative estimate of drug-likeness (QED) is 0.922. The lowest BCUT2D eigenvalue weighted by atomic mass is 9.89. The molecule has 2 rings (SSSR count). The molecule has 0 fully saturated rings. The van der Waals surface area contributed by atoms with Crippen LogP contribution in [-0.2, 0) is 5.41 Å². The van der Waals surface area contributed by atoms with Crippen LogP contribution in [0.4, 0.5) is 0 Å². The number of halogens is 1. The number of hydrogen-bond acceptors (Lipinski definition) is 3. The van der Waals surface area contributed by atoms with Gasteiger partial charge in [0.25, 0.3) is 0 Å². The molecule has 2 aromatic rings. The van der Waals surface area contributed by atoms with Crippen molar-refractivity contribution in [1.29, 1.82) is 5.26 Å². The maximum atomic E-state index is 11.5. The smallest absolute Gasteiger partial charge is 0.340 e. The van der Waals surface area contributed by atoms with Crippen molar-refractivity contribution in [3.63, 3.8) is 0 Å². The number of nitriles is 1. The molecule has 1 heterocycles. The van der Waals surface area contributed by atoms with Gasteiger partial charge in [0.2, 0.25) is 0 Å². The number of benzene rings is 1. The first-order valence-corrected chi connectivity index (χ1v) is 6.66. The summed E-state index contributed by atoms with van der Waals surface area (Å²) in [6.07, 6.45) is 0. The molecule has 0 aliphatic heterocycles. The van der Waals surface area contributed by atoms with Gasteiger partial charge in [-0.25, -0.2) is 9.48 Å². The summed E-state index contributed by atoms with van der Waals surface area (Å²) in [6.45, 7) is 5.63. The van der Waals surface area contributed by atoms with E-state index in [0.29, 0.717) is 16.9 Å². The summed E-state index contributed by atoms with van der Waals surface area (Å²) >= 11 is 6.19. The molecule has 0 saturated heterocycles. The van der Waals surface area contributed by atoms with Crippen LogP contribution in [-0.4, -0.2) is 20.9 Å². The van der Waals surface area contributed by atoms with Gasteiger partial charge in [-0.3, -0.25) is 0 Å².